The van der Waals surface area contributed by atoms with E-state index in [4.69, 9.17) is 8.84 Å². The van der Waals surface area contributed by atoms with Crippen molar-refractivity contribution in [2.75, 3.05) is 0 Å². The Kier molecular flexibility index (Phi) is 4.74. The fourth-order valence-electron chi connectivity index (χ4n) is 2.04. The largest absolute Gasteiger partial charge is 0.469 e. The van der Waals surface area contributed by atoms with Crippen LogP contribution in [0.4, 0.5) is 0 Å². The van der Waals surface area contributed by atoms with Gasteiger partial charge in [-0.1, -0.05) is 51.1 Å². The van der Waals surface area contributed by atoms with Crippen molar-refractivity contribution >= 4 is 8.32 Å². The number of furan rings is 1. The van der Waals surface area contributed by atoms with Crippen molar-refractivity contribution < 1.29 is 8.84 Å². The summed E-state index contributed by atoms with van der Waals surface area (Å²) < 4.78 is 12.2. The third kappa shape index (κ3) is 4.08. The lowest BCUT2D eigenvalue weighted by molar-refractivity contribution is 0.176. The minimum Gasteiger partial charge on any atom is -0.469 e. The average Bonchev–Trinajstić information content (AvgIpc) is 2.90. The quantitative estimate of drug-likeness (QED) is 0.672. The molecule has 0 saturated heterocycles. The number of hydrogen-bond acceptors (Lipinski definition) is 2. The van der Waals surface area contributed by atoms with Crippen LogP contribution in [0.5, 0.6) is 0 Å². The number of rotatable bonds is 5. The van der Waals surface area contributed by atoms with Crippen molar-refractivity contribution in [3.05, 3.63) is 60.1 Å². The molecule has 0 radical (unpaired) electrons. The van der Waals surface area contributed by atoms with Gasteiger partial charge in [-0.25, -0.2) is 0 Å². The van der Waals surface area contributed by atoms with Crippen LogP contribution in [0.2, 0.25) is 18.1 Å². The van der Waals surface area contributed by atoms with Crippen molar-refractivity contribution in [3.63, 3.8) is 0 Å². The maximum absolute atomic E-state index is 6.64. The molecule has 0 aliphatic carbocycles. The fourth-order valence-corrected chi connectivity index (χ4v) is 3.32. The molecule has 2 nitrogen and oxygen atoms in total. The van der Waals surface area contributed by atoms with Crippen molar-refractivity contribution in [3.8, 4) is 0 Å². The summed E-state index contributed by atoms with van der Waals surface area (Å²) in [4.78, 5) is 0. The third-order valence-corrected chi connectivity index (χ3v) is 8.87. The van der Waals surface area contributed by atoms with Crippen LogP contribution in [-0.2, 0) is 10.8 Å². The zero-order valence-corrected chi connectivity index (χ0v) is 14.7. The highest BCUT2D eigenvalue weighted by Crippen LogP contribution is 2.40. The smallest absolute Gasteiger partial charge is 0.192 e. The first-order chi connectivity index (χ1) is 9.79. The molecule has 1 aromatic carbocycles. The van der Waals surface area contributed by atoms with E-state index in [9.17, 15) is 0 Å². The fraction of sp³-hybridized carbons (Fsp3) is 0.444. The molecule has 0 spiro atoms. The number of benzene rings is 1. The minimum absolute atomic E-state index is 0.0539. The molecule has 0 fully saturated rings. The first kappa shape index (κ1) is 16.1. The second-order valence-electron chi connectivity index (χ2n) is 7.06. The Morgan fingerprint density at radius 2 is 1.71 bits per heavy atom. The van der Waals surface area contributed by atoms with Crippen LogP contribution in [0.15, 0.2) is 53.1 Å². The van der Waals surface area contributed by atoms with Crippen LogP contribution in [-0.4, -0.2) is 8.32 Å². The van der Waals surface area contributed by atoms with Crippen molar-refractivity contribution in [1.29, 1.82) is 0 Å². The number of hydrogen-bond donors (Lipinski definition) is 0. The molecule has 0 saturated carbocycles. The molecular weight excluding hydrogens is 276 g/mol. The van der Waals surface area contributed by atoms with Gasteiger partial charge in [0.05, 0.1) is 12.4 Å². The van der Waals surface area contributed by atoms with Crippen LogP contribution < -0.4 is 0 Å². The van der Waals surface area contributed by atoms with Gasteiger partial charge < -0.3 is 8.84 Å². The maximum Gasteiger partial charge on any atom is 0.192 e. The van der Waals surface area contributed by atoms with Gasteiger partial charge >= 0.3 is 0 Å². The highest BCUT2D eigenvalue weighted by atomic mass is 28.4. The van der Waals surface area contributed by atoms with Crippen LogP contribution >= 0.6 is 0 Å². The Labute approximate surface area is 129 Å². The molecule has 0 amide bonds. The van der Waals surface area contributed by atoms with E-state index in [1.54, 1.807) is 6.26 Å². The van der Waals surface area contributed by atoms with Gasteiger partial charge in [0, 0.05) is 6.42 Å². The zero-order chi connectivity index (χ0) is 15.5. The molecule has 21 heavy (non-hydrogen) atoms. The zero-order valence-electron chi connectivity index (χ0n) is 13.7. The monoisotopic (exact) mass is 302 g/mol. The molecule has 1 atom stereocenters. The topological polar surface area (TPSA) is 22.4 Å². The SMILES string of the molecule is CC(C)(C)[Si](C)(C)OC(Cc1ccco1)c1ccccc1. The standard InChI is InChI=1S/C18H26O2Si/c1-18(2,3)21(4,5)20-17(14-16-12-9-13-19-16)15-10-7-6-8-11-15/h6-13,17H,14H2,1-5H3. The molecule has 2 rings (SSSR count). The van der Waals surface area contributed by atoms with E-state index < -0.39 is 8.32 Å². The average molecular weight is 302 g/mol. The summed E-state index contributed by atoms with van der Waals surface area (Å²) in [5, 5.41) is 0.198. The van der Waals surface area contributed by atoms with Gasteiger partial charge in [-0.3, -0.25) is 0 Å². The molecule has 0 aliphatic heterocycles. The third-order valence-electron chi connectivity index (χ3n) is 4.38. The van der Waals surface area contributed by atoms with Crippen molar-refractivity contribution in [1.82, 2.24) is 0 Å². The van der Waals surface area contributed by atoms with E-state index in [1.807, 2.05) is 18.2 Å². The van der Waals surface area contributed by atoms with E-state index in [0.29, 0.717) is 0 Å². The Hall–Kier alpha value is -1.32. The summed E-state index contributed by atoms with van der Waals surface area (Å²) in [5.74, 6) is 0.975. The predicted molar refractivity (Wildman–Crippen MR) is 89.9 cm³/mol. The molecule has 114 valence electrons. The van der Waals surface area contributed by atoms with Crippen LogP contribution in [0.3, 0.4) is 0 Å². The van der Waals surface area contributed by atoms with Gasteiger partial charge in [0.1, 0.15) is 5.76 Å². The van der Waals surface area contributed by atoms with Gasteiger partial charge in [0.2, 0.25) is 0 Å². The lowest BCUT2D eigenvalue weighted by Crippen LogP contribution is -2.42. The van der Waals surface area contributed by atoms with Crippen molar-refractivity contribution in [2.24, 2.45) is 0 Å². The Bertz CT molecular complexity index is 538. The van der Waals surface area contributed by atoms with Crippen molar-refractivity contribution in [2.45, 2.75) is 51.4 Å². The lowest BCUT2D eigenvalue weighted by Gasteiger charge is -2.39. The summed E-state index contributed by atoms with van der Waals surface area (Å²) >= 11 is 0. The molecular formula is C18H26O2Si. The maximum atomic E-state index is 6.64. The van der Waals surface area contributed by atoms with Gasteiger partial charge in [-0.05, 0) is 35.8 Å². The summed E-state index contributed by atoms with van der Waals surface area (Å²) in [6.07, 6.45) is 2.56. The van der Waals surface area contributed by atoms with Gasteiger partial charge in [-0.15, -0.1) is 0 Å². The normalized spacial score (nSPS) is 14.1. The van der Waals surface area contributed by atoms with Crippen LogP contribution in [0.1, 0.15) is 38.2 Å². The van der Waals surface area contributed by atoms with E-state index in [2.05, 4.69) is 58.1 Å². The Morgan fingerprint density at radius 3 is 2.24 bits per heavy atom. The van der Waals surface area contributed by atoms with Crippen LogP contribution in [0, 0.1) is 0 Å². The summed E-state index contributed by atoms with van der Waals surface area (Å²) in [7, 11) is -1.83. The van der Waals surface area contributed by atoms with Gasteiger partial charge in [-0.2, -0.15) is 0 Å². The summed E-state index contributed by atoms with van der Waals surface area (Å²) in [6.45, 7) is 11.4. The molecule has 1 unspecified atom stereocenters. The van der Waals surface area contributed by atoms with E-state index in [1.165, 1.54) is 5.56 Å². The molecule has 0 bridgehead atoms. The Balaban J connectivity index is 2.24. The van der Waals surface area contributed by atoms with E-state index in [0.717, 1.165) is 12.2 Å². The second kappa shape index (κ2) is 6.20. The van der Waals surface area contributed by atoms with E-state index in [-0.39, 0.29) is 11.1 Å². The lowest BCUT2D eigenvalue weighted by atomic mass is 10.1. The predicted octanol–water partition coefficient (Wildman–Crippen LogP) is 5.59. The molecule has 2 aromatic rings. The van der Waals surface area contributed by atoms with Gasteiger partial charge in [0.25, 0.3) is 0 Å². The molecule has 1 aromatic heterocycles. The molecule has 0 aliphatic rings. The highest BCUT2D eigenvalue weighted by molar-refractivity contribution is 6.74. The molecule has 0 N–H and O–H groups in total. The summed E-state index contributed by atoms with van der Waals surface area (Å²) in [6, 6.07) is 14.4. The Morgan fingerprint density at radius 1 is 1.05 bits per heavy atom. The molecule has 1 heterocycles. The van der Waals surface area contributed by atoms with Gasteiger partial charge in [0.15, 0.2) is 8.32 Å². The first-order valence-corrected chi connectivity index (χ1v) is 10.5. The minimum atomic E-state index is -1.83. The highest BCUT2D eigenvalue weighted by Gasteiger charge is 2.39. The first-order valence-electron chi connectivity index (χ1n) is 7.55. The molecule has 3 heteroatoms. The van der Waals surface area contributed by atoms with E-state index >= 15 is 0 Å². The summed E-state index contributed by atoms with van der Waals surface area (Å²) in [5.41, 5.74) is 1.22. The second-order valence-corrected chi connectivity index (χ2v) is 11.8. The van der Waals surface area contributed by atoms with Crippen LogP contribution in [0.25, 0.3) is 0 Å².